The first-order valence-electron chi connectivity index (χ1n) is 5.17. The molecule has 4 nitrogen and oxygen atoms in total. The second kappa shape index (κ2) is 5.32. The third-order valence-corrected chi connectivity index (χ3v) is 2.98. The fraction of sp³-hybridized carbons (Fsp3) is 0.900. The zero-order valence-electron chi connectivity index (χ0n) is 9.03. The van der Waals surface area contributed by atoms with Crippen molar-refractivity contribution in [2.45, 2.75) is 25.3 Å². The van der Waals surface area contributed by atoms with E-state index in [1.54, 1.807) is 0 Å². The van der Waals surface area contributed by atoms with Crippen LogP contribution in [0.1, 0.15) is 19.3 Å². The van der Waals surface area contributed by atoms with Crippen LogP contribution in [-0.4, -0.2) is 44.2 Å². The Morgan fingerprint density at radius 2 is 2.21 bits per heavy atom. The van der Waals surface area contributed by atoms with E-state index in [0.29, 0.717) is 0 Å². The Bertz CT molecular complexity index is 197. The van der Waals surface area contributed by atoms with Crippen molar-refractivity contribution in [1.29, 1.82) is 0 Å². The summed E-state index contributed by atoms with van der Waals surface area (Å²) in [5.74, 6) is 0.00644. The molecule has 0 aromatic rings. The van der Waals surface area contributed by atoms with E-state index in [4.69, 9.17) is 5.73 Å². The molecule has 82 valence electrons. The number of carbonyl (C=O) groups is 1. The van der Waals surface area contributed by atoms with E-state index < -0.39 is 6.04 Å². The molecule has 2 atom stereocenters. The first-order chi connectivity index (χ1) is 6.65. The van der Waals surface area contributed by atoms with Crippen LogP contribution >= 0.6 is 0 Å². The lowest BCUT2D eigenvalue weighted by atomic mass is 9.93. The number of ether oxygens (including phenoxy) is 1. The number of hydrogen-bond donors (Lipinski definition) is 1. The van der Waals surface area contributed by atoms with Gasteiger partial charge in [0.05, 0.1) is 7.11 Å². The molecule has 0 saturated carbocycles. The molecule has 4 heteroatoms. The summed E-state index contributed by atoms with van der Waals surface area (Å²) in [6, 6.07) is -0.438. The molecular formula is C10H20N2O2. The van der Waals surface area contributed by atoms with Gasteiger partial charge in [-0.15, -0.1) is 0 Å². The van der Waals surface area contributed by atoms with Crippen LogP contribution in [0.4, 0.5) is 0 Å². The number of methoxy groups -OCH3 is 1. The van der Waals surface area contributed by atoms with E-state index >= 15 is 0 Å². The van der Waals surface area contributed by atoms with Crippen molar-refractivity contribution in [1.82, 2.24) is 4.90 Å². The largest absolute Gasteiger partial charge is 0.468 e. The van der Waals surface area contributed by atoms with E-state index in [-0.39, 0.29) is 11.9 Å². The highest BCUT2D eigenvalue weighted by atomic mass is 16.5. The van der Waals surface area contributed by atoms with Crippen LogP contribution < -0.4 is 5.73 Å². The van der Waals surface area contributed by atoms with Crippen LogP contribution in [0.2, 0.25) is 0 Å². The first kappa shape index (κ1) is 11.5. The van der Waals surface area contributed by atoms with E-state index in [1.807, 2.05) is 0 Å². The Morgan fingerprint density at radius 3 is 2.86 bits per heavy atom. The lowest BCUT2D eigenvalue weighted by Crippen LogP contribution is -2.39. The standard InChI is InChI=1S/C10H20N2O2/c1-12-6-3-4-8(5-7-12)9(11)10(13)14-2/h8-9H,3-7,11H2,1-2H3. The van der Waals surface area contributed by atoms with Crippen LogP contribution in [0.3, 0.4) is 0 Å². The van der Waals surface area contributed by atoms with Crippen molar-refractivity contribution in [2.75, 3.05) is 27.2 Å². The number of esters is 1. The Labute approximate surface area is 85.4 Å². The van der Waals surface area contributed by atoms with Crippen LogP contribution in [0.5, 0.6) is 0 Å². The molecule has 0 aliphatic carbocycles. The van der Waals surface area contributed by atoms with Crippen molar-refractivity contribution >= 4 is 5.97 Å². The Morgan fingerprint density at radius 1 is 1.50 bits per heavy atom. The highest BCUT2D eigenvalue weighted by Gasteiger charge is 2.26. The normalized spacial score (nSPS) is 26.6. The highest BCUT2D eigenvalue weighted by Crippen LogP contribution is 2.19. The summed E-state index contributed by atoms with van der Waals surface area (Å²) in [6.45, 7) is 2.12. The zero-order chi connectivity index (χ0) is 10.6. The van der Waals surface area contributed by atoms with E-state index in [0.717, 1.165) is 32.4 Å². The van der Waals surface area contributed by atoms with E-state index in [2.05, 4.69) is 16.7 Å². The Hall–Kier alpha value is -0.610. The van der Waals surface area contributed by atoms with Crippen molar-refractivity contribution in [3.05, 3.63) is 0 Å². The van der Waals surface area contributed by atoms with Gasteiger partial charge in [0, 0.05) is 0 Å². The van der Waals surface area contributed by atoms with Gasteiger partial charge in [-0.3, -0.25) is 4.79 Å². The molecule has 1 aliphatic heterocycles. The highest BCUT2D eigenvalue weighted by molar-refractivity contribution is 5.75. The summed E-state index contributed by atoms with van der Waals surface area (Å²) in [5.41, 5.74) is 5.82. The lowest BCUT2D eigenvalue weighted by Gasteiger charge is -2.19. The molecule has 14 heavy (non-hydrogen) atoms. The van der Waals surface area contributed by atoms with Gasteiger partial charge >= 0.3 is 5.97 Å². The van der Waals surface area contributed by atoms with Crippen molar-refractivity contribution in [3.63, 3.8) is 0 Å². The molecule has 1 aliphatic rings. The molecule has 1 fully saturated rings. The minimum Gasteiger partial charge on any atom is -0.468 e. The topological polar surface area (TPSA) is 55.6 Å². The molecule has 0 aromatic heterocycles. The minimum absolute atomic E-state index is 0.278. The molecular weight excluding hydrogens is 180 g/mol. The van der Waals surface area contributed by atoms with Gasteiger partial charge in [0.15, 0.2) is 0 Å². The van der Waals surface area contributed by atoms with Crippen LogP contribution in [0, 0.1) is 5.92 Å². The number of likely N-dealkylation sites (tertiary alicyclic amines) is 1. The van der Waals surface area contributed by atoms with Gasteiger partial charge in [-0.05, 0) is 45.3 Å². The van der Waals surface area contributed by atoms with Crippen LogP contribution in [0.25, 0.3) is 0 Å². The number of rotatable bonds is 2. The van der Waals surface area contributed by atoms with Gasteiger partial charge < -0.3 is 15.4 Å². The van der Waals surface area contributed by atoms with Gasteiger partial charge in [0.2, 0.25) is 0 Å². The molecule has 0 radical (unpaired) electrons. The fourth-order valence-electron chi connectivity index (χ4n) is 1.95. The van der Waals surface area contributed by atoms with Crippen molar-refractivity contribution in [3.8, 4) is 0 Å². The summed E-state index contributed by atoms with van der Waals surface area (Å²) < 4.78 is 4.66. The van der Waals surface area contributed by atoms with Gasteiger partial charge in [0.25, 0.3) is 0 Å². The predicted octanol–water partition coefficient (Wildman–Crippen LogP) is 0.219. The SMILES string of the molecule is COC(=O)C(N)C1CCCN(C)CC1. The summed E-state index contributed by atoms with van der Waals surface area (Å²) in [4.78, 5) is 13.5. The lowest BCUT2D eigenvalue weighted by molar-refractivity contribution is -0.143. The molecule has 1 saturated heterocycles. The van der Waals surface area contributed by atoms with Gasteiger partial charge in [-0.2, -0.15) is 0 Å². The minimum atomic E-state index is -0.438. The average Bonchev–Trinajstić information content (AvgIpc) is 2.40. The molecule has 0 aromatic carbocycles. The summed E-state index contributed by atoms with van der Waals surface area (Å²) >= 11 is 0. The molecule has 2 N–H and O–H groups in total. The van der Waals surface area contributed by atoms with E-state index in [9.17, 15) is 4.79 Å². The molecule has 0 bridgehead atoms. The summed E-state index contributed by atoms with van der Waals surface area (Å²) in [5, 5.41) is 0. The van der Waals surface area contributed by atoms with Gasteiger partial charge in [-0.25, -0.2) is 0 Å². The molecule has 1 rings (SSSR count). The fourth-order valence-corrected chi connectivity index (χ4v) is 1.95. The van der Waals surface area contributed by atoms with Crippen LogP contribution in [0.15, 0.2) is 0 Å². The third-order valence-electron chi connectivity index (χ3n) is 2.98. The molecule has 0 spiro atoms. The summed E-state index contributed by atoms with van der Waals surface area (Å²) in [7, 11) is 3.50. The van der Waals surface area contributed by atoms with Crippen LogP contribution in [-0.2, 0) is 9.53 Å². The number of carbonyl (C=O) groups excluding carboxylic acids is 1. The smallest absolute Gasteiger partial charge is 0.322 e. The maximum Gasteiger partial charge on any atom is 0.322 e. The van der Waals surface area contributed by atoms with Gasteiger partial charge in [-0.1, -0.05) is 0 Å². The van der Waals surface area contributed by atoms with Gasteiger partial charge in [0.1, 0.15) is 6.04 Å². The zero-order valence-corrected chi connectivity index (χ0v) is 9.03. The van der Waals surface area contributed by atoms with Crippen molar-refractivity contribution in [2.24, 2.45) is 11.7 Å². The third kappa shape index (κ3) is 2.96. The predicted molar refractivity (Wildman–Crippen MR) is 54.8 cm³/mol. The summed E-state index contributed by atoms with van der Waals surface area (Å²) in [6.07, 6.45) is 3.14. The monoisotopic (exact) mass is 200 g/mol. The second-order valence-electron chi connectivity index (χ2n) is 4.04. The number of hydrogen-bond acceptors (Lipinski definition) is 4. The quantitative estimate of drug-likeness (QED) is 0.648. The van der Waals surface area contributed by atoms with E-state index in [1.165, 1.54) is 7.11 Å². The Balaban J connectivity index is 2.46. The molecule has 2 unspecified atom stereocenters. The number of nitrogens with two attached hydrogens (primary N) is 1. The number of nitrogens with zero attached hydrogens (tertiary/aromatic N) is 1. The maximum absolute atomic E-state index is 11.2. The molecule has 1 heterocycles. The maximum atomic E-state index is 11.2. The molecule has 0 amide bonds. The van der Waals surface area contributed by atoms with Crippen molar-refractivity contribution < 1.29 is 9.53 Å². The Kier molecular flexibility index (Phi) is 4.35. The second-order valence-corrected chi connectivity index (χ2v) is 4.04. The average molecular weight is 200 g/mol. The first-order valence-corrected chi connectivity index (χ1v) is 5.17.